The third-order valence-electron chi connectivity index (χ3n) is 6.92. The molecule has 0 atom stereocenters. The summed E-state index contributed by atoms with van der Waals surface area (Å²) in [7, 11) is -4.53. The molecule has 0 N–H and O–H groups in total. The minimum Gasteiger partial charge on any atom is -0.473 e. The highest BCUT2D eigenvalue weighted by molar-refractivity contribution is 9.10. The molecule has 1 amide bonds. The monoisotopic (exact) mass is 755 g/mol. The molecule has 0 saturated carbocycles. The molecular formula is C33H34BrN5O9S. The van der Waals surface area contributed by atoms with Crippen molar-refractivity contribution in [2.24, 2.45) is 0 Å². The Morgan fingerprint density at radius 3 is 2.02 bits per heavy atom. The predicted octanol–water partition coefficient (Wildman–Crippen LogP) is 4.80. The second kappa shape index (κ2) is 16.0. The number of esters is 2. The van der Waals surface area contributed by atoms with E-state index in [1.165, 1.54) is 38.4 Å². The molecule has 2 aromatic heterocycles. The van der Waals surface area contributed by atoms with E-state index in [4.69, 9.17) is 18.9 Å². The quantitative estimate of drug-likeness (QED) is 0.127. The van der Waals surface area contributed by atoms with E-state index in [1.54, 1.807) is 36.4 Å². The average molecular weight is 757 g/mol. The maximum atomic E-state index is 14.1. The van der Waals surface area contributed by atoms with Crippen molar-refractivity contribution in [3.8, 4) is 23.0 Å². The minimum atomic E-state index is -4.53. The summed E-state index contributed by atoms with van der Waals surface area (Å²) in [5.74, 6) is -1.99. The van der Waals surface area contributed by atoms with Crippen LogP contribution in [0.15, 0.2) is 76.6 Å². The van der Waals surface area contributed by atoms with Gasteiger partial charge in [0.25, 0.3) is 10.0 Å². The predicted molar refractivity (Wildman–Crippen MR) is 180 cm³/mol. The van der Waals surface area contributed by atoms with Gasteiger partial charge >= 0.3 is 17.9 Å². The van der Waals surface area contributed by atoms with E-state index >= 15 is 0 Å². The molecule has 16 heteroatoms. The number of carbonyl (C=O) groups excluding carboxylic acids is 3. The number of hydrogen-bond acceptors (Lipinski definition) is 13. The van der Waals surface area contributed by atoms with Crippen molar-refractivity contribution in [3.05, 3.63) is 82.9 Å². The number of halogens is 1. The fraction of sp³-hybridized carbons (Fsp3) is 0.303. The van der Waals surface area contributed by atoms with Crippen molar-refractivity contribution < 1.29 is 41.7 Å². The van der Waals surface area contributed by atoms with Crippen molar-refractivity contribution in [2.75, 3.05) is 24.1 Å². The lowest BCUT2D eigenvalue weighted by atomic mass is 9.86. The molecule has 49 heavy (non-hydrogen) atoms. The Hall–Kier alpha value is -4.96. The maximum absolute atomic E-state index is 14.1. The first kappa shape index (κ1) is 36.9. The number of nitrogens with zero attached hydrogens (tertiary/aromatic N) is 5. The molecule has 4 aromatic rings. The fourth-order valence-corrected chi connectivity index (χ4v) is 6.06. The van der Waals surface area contributed by atoms with Gasteiger partial charge in [0.2, 0.25) is 11.8 Å². The first-order chi connectivity index (χ1) is 23.2. The van der Waals surface area contributed by atoms with Crippen LogP contribution < -0.4 is 13.8 Å². The lowest BCUT2D eigenvalue weighted by Crippen LogP contribution is -2.36. The third kappa shape index (κ3) is 9.57. The first-order valence-electron chi connectivity index (χ1n) is 14.8. The average Bonchev–Trinajstić information content (AvgIpc) is 3.06. The summed E-state index contributed by atoms with van der Waals surface area (Å²) in [6.07, 6.45) is 4.14. The largest absolute Gasteiger partial charge is 0.473 e. The van der Waals surface area contributed by atoms with Crippen molar-refractivity contribution in [1.82, 2.24) is 19.9 Å². The highest BCUT2D eigenvalue weighted by atomic mass is 79.9. The van der Waals surface area contributed by atoms with Crippen LogP contribution in [-0.2, 0) is 45.9 Å². The molecule has 0 spiro atoms. The van der Waals surface area contributed by atoms with E-state index in [2.05, 4.69) is 35.9 Å². The normalized spacial score (nSPS) is 11.4. The Labute approximate surface area is 292 Å². The zero-order chi connectivity index (χ0) is 35.8. The Balaban J connectivity index is 1.72. The van der Waals surface area contributed by atoms with Crippen LogP contribution in [0.2, 0.25) is 0 Å². The molecule has 2 heterocycles. The summed E-state index contributed by atoms with van der Waals surface area (Å²) < 4.78 is 51.3. The van der Waals surface area contributed by atoms with Crippen LogP contribution in [0.5, 0.6) is 11.9 Å². The number of benzene rings is 2. The number of amides is 1. The zero-order valence-corrected chi connectivity index (χ0v) is 29.8. The van der Waals surface area contributed by atoms with Gasteiger partial charge in [-0.1, -0.05) is 50.2 Å². The maximum Gasteiger partial charge on any atom is 0.316 e. The molecule has 0 radical (unpaired) electrons. The minimum absolute atomic E-state index is 0.0105. The lowest BCUT2D eigenvalue weighted by molar-refractivity contribution is -0.143. The van der Waals surface area contributed by atoms with Crippen LogP contribution in [0.3, 0.4) is 0 Å². The van der Waals surface area contributed by atoms with Crippen LogP contribution >= 0.6 is 15.9 Å². The van der Waals surface area contributed by atoms with Crippen molar-refractivity contribution in [1.29, 1.82) is 0 Å². The number of sulfonamides is 1. The van der Waals surface area contributed by atoms with E-state index in [0.29, 0.717) is 25.5 Å². The molecule has 2 aromatic carbocycles. The topological polar surface area (TPSA) is 177 Å². The van der Waals surface area contributed by atoms with Gasteiger partial charge in [0, 0.05) is 38.6 Å². The van der Waals surface area contributed by atoms with Gasteiger partial charge in [-0.15, -0.1) is 0 Å². The van der Waals surface area contributed by atoms with Gasteiger partial charge < -0.3 is 18.9 Å². The Bertz CT molecular complexity index is 1900. The fourth-order valence-electron chi connectivity index (χ4n) is 4.46. The van der Waals surface area contributed by atoms with E-state index in [1.807, 2.05) is 13.8 Å². The van der Waals surface area contributed by atoms with Gasteiger partial charge in [-0.3, -0.25) is 14.4 Å². The van der Waals surface area contributed by atoms with Crippen LogP contribution in [0.1, 0.15) is 45.7 Å². The number of aromatic nitrogens is 4. The SMILES string of the molecule is CC(=O)OCc1ccc(-c2c(OCCOc3ncc(Br)cn3)ncnc2N(C(C)=O)S(=O)(=O)c2ccc(C(C)(C)COC(C)=O)cc2)cc1. The molecule has 0 aliphatic heterocycles. The molecule has 0 saturated heterocycles. The number of carbonyl (C=O) groups is 3. The van der Waals surface area contributed by atoms with Crippen LogP contribution in [0.4, 0.5) is 5.82 Å². The van der Waals surface area contributed by atoms with E-state index in [9.17, 15) is 22.8 Å². The highest BCUT2D eigenvalue weighted by Crippen LogP contribution is 2.38. The van der Waals surface area contributed by atoms with E-state index in [0.717, 1.165) is 13.3 Å². The number of rotatable bonds is 14. The lowest BCUT2D eigenvalue weighted by Gasteiger charge is -2.26. The summed E-state index contributed by atoms with van der Waals surface area (Å²) in [6, 6.07) is 12.7. The molecule has 14 nitrogen and oxygen atoms in total. The molecule has 0 aliphatic rings. The Morgan fingerprint density at radius 1 is 0.816 bits per heavy atom. The second-order valence-corrected chi connectivity index (χ2v) is 13.9. The highest BCUT2D eigenvalue weighted by Gasteiger charge is 2.34. The number of anilines is 1. The van der Waals surface area contributed by atoms with Crippen LogP contribution in [-0.4, -0.2) is 66.0 Å². The summed E-state index contributed by atoms with van der Waals surface area (Å²) in [5, 5.41) is 0. The standard InChI is InChI=1S/C33H34BrN5O9S/c1-21(40)39(49(43,44)28-12-10-26(11-13-28)33(4,5)19-48-23(3)42)30-29(25-8-6-24(7-9-25)18-47-22(2)41)31(38-20-37-30)45-14-15-46-32-35-16-27(34)17-36-32/h6-13,16-17,20H,14-15,18-19H2,1-5H3. The summed E-state index contributed by atoms with van der Waals surface area (Å²) in [5.41, 5.74) is 1.29. The van der Waals surface area contributed by atoms with Crippen molar-refractivity contribution in [2.45, 2.75) is 51.5 Å². The smallest absolute Gasteiger partial charge is 0.316 e. The summed E-state index contributed by atoms with van der Waals surface area (Å²) in [4.78, 5) is 52.3. The van der Waals surface area contributed by atoms with Crippen LogP contribution in [0.25, 0.3) is 11.1 Å². The van der Waals surface area contributed by atoms with E-state index < -0.39 is 33.3 Å². The number of ether oxygens (including phenoxy) is 4. The van der Waals surface area contributed by atoms with Gasteiger partial charge in [-0.25, -0.2) is 28.4 Å². The molecule has 0 unspecified atom stereocenters. The summed E-state index contributed by atoms with van der Waals surface area (Å²) >= 11 is 3.26. The van der Waals surface area contributed by atoms with Crippen LogP contribution in [0, 0.1) is 0 Å². The molecular weight excluding hydrogens is 722 g/mol. The van der Waals surface area contributed by atoms with Gasteiger partial charge in [0.1, 0.15) is 32.8 Å². The first-order valence-corrected chi connectivity index (χ1v) is 17.0. The van der Waals surface area contributed by atoms with Gasteiger partial charge in [0.05, 0.1) is 14.9 Å². The molecule has 0 fully saturated rings. The van der Waals surface area contributed by atoms with Crippen molar-refractivity contribution in [3.63, 3.8) is 0 Å². The summed E-state index contributed by atoms with van der Waals surface area (Å²) in [6.45, 7) is 7.48. The Morgan fingerprint density at radius 2 is 1.43 bits per heavy atom. The molecule has 0 aliphatic carbocycles. The second-order valence-electron chi connectivity index (χ2n) is 11.2. The zero-order valence-electron chi connectivity index (χ0n) is 27.4. The van der Waals surface area contributed by atoms with Crippen molar-refractivity contribution >= 4 is 49.6 Å². The van der Waals surface area contributed by atoms with Gasteiger partial charge in [0.15, 0.2) is 5.82 Å². The molecule has 0 bridgehead atoms. The molecule has 258 valence electrons. The van der Waals surface area contributed by atoms with Gasteiger partial charge in [-0.05, 0) is 44.8 Å². The van der Waals surface area contributed by atoms with Gasteiger partial charge in [-0.2, -0.15) is 4.31 Å². The molecule has 4 rings (SSSR count). The third-order valence-corrected chi connectivity index (χ3v) is 9.10. The number of hydrogen-bond donors (Lipinski definition) is 0. The van der Waals surface area contributed by atoms with E-state index in [-0.39, 0.29) is 54.6 Å². The Kier molecular flexibility index (Phi) is 12.0.